The number of nitrogens with one attached hydrogen (secondary N) is 2. The van der Waals surface area contributed by atoms with E-state index in [0.717, 1.165) is 18.1 Å². The second kappa shape index (κ2) is 8.35. The monoisotopic (exact) mass is 379 g/mol. The van der Waals surface area contributed by atoms with Crippen LogP contribution in [0.2, 0.25) is 0 Å². The second-order valence-electron chi connectivity index (χ2n) is 4.85. The Bertz CT molecular complexity index is 419. The molecule has 108 valence electrons. The molecule has 0 amide bonds. The van der Waals surface area contributed by atoms with Crippen molar-refractivity contribution in [1.82, 2.24) is 10.6 Å². The summed E-state index contributed by atoms with van der Waals surface area (Å²) in [4.78, 5) is 4.11. The SMILES string of the molecule is CCNC(=NC)NCC(C)(C)c1cccc(F)c1.I. The van der Waals surface area contributed by atoms with Crippen LogP contribution in [0.3, 0.4) is 0 Å². The van der Waals surface area contributed by atoms with Crippen LogP contribution in [0.4, 0.5) is 4.39 Å². The lowest BCUT2D eigenvalue weighted by atomic mass is 9.84. The highest BCUT2D eigenvalue weighted by Crippen LogP contribution is 2.22. The predicted molar refractivity (Wildman–Crippen MR) is 89.9 cm³/mol. The maximum atomic E-state index is 13.2. The fourth-order valence-electron chi connectivity index (χ4n) is 1.70. The maximum absolute atomic E-state index is 13.2. The number of rotatable bonds is 4. The Labute approximate surface area is 132 Å². The summed E-state index contributed by atoms with van der Waals surface area (Å²) in [6, 6.07) is 6.73. The van der Waals surface area contributed by atoms with Gasteiger partial charge in [0.25, 0.3) is 0 Å². The van der Waals surface area contributed by atoms with Crippen molar-refractivity contribution in [1.29, 1.82) is 0 Å². The molecule has 0 heterocycles. The fourth-order valence-corrected chi connectivity index (χ4v) is 1.70. The van der Waals surface area contributed by atoms with Gasteiger partial charge in [0.15, 0.2) is 5.96 Å². The molecule has 3 nitrogen and oxygen atoms in total. The van der Waals surface area contributed by atoms with Crippen molar-refractivity contribution in [3.8, 4) is 0 Å². The van der Waals surface area contributed by atoms with Gasteiger partial charge in [-0.3, -0.25) is 4.99 Å². The van der Waals surface area contributed by atoms with Gasteiger partial charge >= 0.3 is 0 Å². The molecule has 1 rings (SSSR count). The first-order valence-corrected chi connectivity index (χ1v) is 6.20. The highest BCUT2D eigenvalue weighted by atomic mass is 127. The van der Waals surface area contributed by atoms with Crippen molar-refractivity contribution in [2.45, 2.75) is 26.2 Å². The van der Waals surface area contributed by atoms with Crippen LogP contribution in [0.15, 0.2) is 29.3 Å². The molecule has 0 saturated heterocycles. The maximum Gasteiger partial charge on any atom is 0.190 e. The summed E-state index contributed by atoms with van der Waals surface area (Å²) in [5.74, 6) is 0.568. The van der Waals surface area contributed by atoms with E-state index in [1.165, 1.54) is 6.07 Å². The molecule has 1 aromatic rings. The zero-order chi connectivity index (χ0) is 13.6. The zero-order valence-corrected chi connectivity index (χ0v) is 14.3. The summed E-state index contributed by atoms with van der Waals surface area (Å²) in [6.45, 7) is 7.68. The van der Waals surface area contributed by atoms with Crippen molar-refractivity contribution in [2.24, 2.45) is 4.99 Å². The van der Waals surface area contributed by atoms with E-state index in [1.54, 1.807) is 19.2 Å². The summed E-state index contributed by atoms with van der Waals surface area (Å²) in [5.41, 5.74) is 0.815. The Morgan fingerprint density at radius 2 is 2.00 bits per heavy atom. The Morgan fingerprint density at radius 1 is 1.32 bits per heavy atom. The number of hydrogen-bond donors (Lipinski definition) is 2. The van der Waals surface area contributed by atoms with Gasteiger partial charge in [-0.15, -0.1) is 24.0 Å². The lowest BCUT2D eigenvalue weighted by Gasteiger charge is -2.26. The van der Waals surface area contributed by atoms with Gasteiger partial charge in [-0.1, -0.05) is 26.0 Å². The Hall–Kier alpha value is -0.850. The van der Waals surface area contributed by atoms with E-state index >= 15 is 0 Å². The summed E-state index contributed by atoms with van der Waals surface area (Å²) < 4.78 is 13.2. The average molecular weight is 379 g/mol. The van der Waals surface area contributed by atoms with Gasteiger partial charge in [-0.25, -0.2) is 4.39 Å². The van der Waals surface area contributed by atoms with Gasteiger partial charge in [-0.2, -0.15) is 0 Å². The smallest absolute Gasteiger partial charge is 0.190 e. The summed E-state index contributed by atoms with van der Waals surface area (Å²) in [6.07, 6.45) is 0. The predicted octanol–water partition coefficient (Wildman–Crippen LogP) is 2.91. The first-order chi connectivity index (χ1) is 8.49. The minimum atomic E-state index is -0.198. The third-order valence-electron chi connectivity index (χ3n) is 2.87. The number of hydrogen-bond acceptors (Lipinski definition) is 1. The molecule has 0 saturated carbocycles. The molecule has 0 atom stereocenters. The first-order valence-electron chi connectivity index (χ1n) is 6.20. The topological polar surface area (TPSA) is 36.4 Å². The van der Waals surface area contributed by atoms with Crippen LogP contribution in [0.1, 0.15) is 26.3 Å². The lowest BCUT2D eigenvalue weighted by Crippen LogP contribution is -2.43. The van der Waals surface area contributed by atoms with Crippen LogP contribution in [0, 0.1) is 5.82 Å². The zero-order valence-electron chi connectivity index (χ0n) is 12.0. The van der Waals surface area contributed by atoms with Crippen LogP contribution in [-0.2, 0) is 5.41 Å². The standard InChI is InChI=1S/C14H22FN3.HI/c1-5-17-13(16-4)18-10-14(2,3)11-7-6-8-12(15)9-11;/h6-9H,5,10H2,1-4H3,(H2,16,17,18);1H. The normalized spacial score (nSPS) is 11.7. The fraction of sp³-hybridized carbons (Fsp3) is 0.500. The number of nitrogens with zero attached hydrogens (tertiary/aromatic N) is 1. The quantitative estimate of drug-likeness (QED) is 0.480. The molecule has 0 bridgehead atoms. The van der Waals surface area contributed by atoms with Crippen LogP contribution < -0.4 is 10.6 Å². The molecule has 0 aliphatic rings. The lowest BCUT2D eigenvalue weighted by molar-refractivity contribution is 0.503. The summed E-state index contributed by atoms with van der Waals surface area (Å²) >= 11 is 0. The van der Waals surface area contributed by atoms with Crippen LogP contribution in [0.25, 0.3) is 0 Å². The van der Waals surface area contributed by atoms with Crippen molar-refractivity contribution < 1.29 is 4.39 Å². The average Bonchev–Trinajstić information content (AvgIpc) is 2.34. The molecule has 0 fully saturated rings. The van der Waals surface area contributed by atoms with E-state index in [-0.39, 0.29) is 35.2 Å². The molecule has 1 aromatic carbocycles. The van der Waals surface area contributed by atoms with Crippen molar-refractivity contribution in [3.63, 3.8) is 0 Å². The molecule has 5 heteroatoms. The van der Waals surface area contributed by atoms with Gasteiger partial charge in [0.05, 0.1) is 0 Å². The molecule has 19 heavy (non-hydrogen) atoms. The van der Waals surface area contributed by atoms with Crippen LogP contribution in [-0.4, -0.2) is 26.1 Å². The van der Waals surface area contributed by atoms with Gasteiger partial charge in [-0.05, 0) is 24.6 Å². The Morgan fingerprint density at radius 3 is 2.53 bits per heavy atom. The third-order valence-corrected chi connectivity index (χ3v) is 2.87. The van der Waals surface area contributed by atoms with E-state index in [2.05, 4.69) is 29.5 Å². The third kappa shape index (κ3) is 5.76. The second-order valence-corrected chi connectivity index (χ2v) is 4.85. The van der Waals surface area contributed by atoms with Crippen molar-refractivity contribution in [2.75, 3.05) is 20.1 Å². The van der Waals surface area contributed by atoms with Gasteiger partial charge < -0.3 is 10.6 Å². The highest BCUT2D eigenvalue weighted by molar-refractivity contribution is 14.0. The number of aliphatic imine (C=N–C) groups is 1. The molecule has 0 aliphatic heterocycles. The van der Waals surface area contributed by atoms with Crippen LogP contribution >= 0.6 is 24.0 Å². The van der Waals surface area contributed by atoms with E-state index in [1.807, 2.05) is 13.0 Å². The van der Waals surface area contributed by atoms with E-state index in [9.17, 15) is 4.39 Å². The highest BCUT2D eigenvalue weighted by Gasteiger charge is 2.21. The Kier molecular flexibility index (Phi) is 7.97. The van der Waals surface area contributed by atoms with Crippen molar-refractivity contribution >= 4 is 29.9 Å². The van der Waals surface area contributed by atoms with E-state index < -0.39 is 0 Å². The molecule has 0 aromatic heterocycles. The largest absolute Gasteiger partial charge is 0.357 e. The van der Waals surface area contributed by atoms with Crippen LogP contribution in [0.5, 0.6) is 0 Å². The molecular formula is C14H23FIN3. The van der Waals surface area contributed by atoms with Gasteiger partial charge in [0, 0.05) is 25.6 Å². The molecule has 0 unspecified atom stereocenters. The molecular weight excluding hydrogens is 356 g/mol. The van der Waals surface area contributed by atoms with Gasteiger partial charge in [0.2, 0.25) is 0 Å². The van der Waals surface area contributed by atoms with E-state index in [0.29, 0.717) is 6.54 Å². The minimum Gasteiger partial charge on any atom is -0.357 e. The van der Waals surface area contributed by atoms with E-state index in [4.69, 9.17) is 0 Å². The number of halogens is 2. The molecule has 0 radical (unpaired) electrons. The molecule has 0 spiro atoms. The summed E-state index contributed by atoms with van der Waals surface area (Å²) in [7, 11) is 1.74. The molecule has 2 N–H and O–H groups in total. The van der Waals surface area contributed by atoms with Crippen molar-refractivity contribution in [3.05, 3.63) is 35.6 Å². The van der Waals surface area contributed by atoms with Gasteiger partial charge in [0.1, 0.15) is 5.82 Å². The number of benzene rings is 1. The minimum absolute atomic E-state index is 0. The summed E-state index contributed by atoms with van der Waals surface area (Å²) in [5, 5.41) is 6.38. The first kappa shape index (κ1) is 18.1. The molecule has 0 aliphatic carbocycles. The number of guanidine groups is 1. The Balaban J connectivity index is 0.00000324.